The summed E-state index contributed by atoms with van der Waals surface area (Å²) in [5, 5.41) is 1.55. The van der Waals surface area contributed by atoms with Gasteiger partial charge in [0.25, 0.3) is 0 Å². The van der Waals surface area contributed by atoms with Crippen molar-refractivity contribution in [2.75, 3.05) is 38.1 Å². The number of sulfonamides is 1. The van der Waals surface area contributed by atoms with Crippen LogP contribution in [0.2, 0.25) is 10.0 Å². The number of halogens is 3. The summed E-state index contributed by atoms with van der Waals surface area (Å²) >= 11 is 15.2. The first-order valence-electron chi connectivity index (χ1n) is 6.68. The second-order valence-electron chi connectivity index (χ2n) is 4.89. The lowest BCUT2D eigenvalue weighted by Crippen LogP contribution is -2.35. The summed E-state index contributed by atoms with van der Waals surface area (Å²) in [7, 11) is -3.54. The second-order valence-corrected chi connectivity index (χ2v) is 8.50. The first-order chi connectivity index (χ1) is 9.93. The fourth-order valence-electron chi connectivity index (χ4n) is 2.36. The molecule has 0 radical (unpaired) electrons. The molecule has 0 aliphatic carbocycles. The topological polar surface area (TPSA) is 40.6 Å². The molecule has 1 aromatic rings. The molecule has 0 aromatic heterocycles. The van der Waals surface area contributed by atoms with Crippen LogP contribution in [0, 0.1) is 0 Å². The van der Waals surface area contributed by atoms with Gasteiger partial charge >= 0.3 is 0 Å². The van der Waals surface area contributed by atoms with Crippen LogP contribution in [0.3, 0.4) is 0 Å². The van der Waals surface area contributed by atoms with Crippen molar-refractivity contribution in [3.8, 4) is 0 Å². The van der Waals surface area contributed by atoms with E-state index in [9.17, 15) is 8.42 Å². The first-order valence-corrected chi connectivity index (χ1v) is 10.00. The average Bonchev–Trinajstić information content (AvgIpc) is 2.64. The summed E-state index contributed by atoms with van der Waals surface area (Å²) in [6.45, 7) is 3.58. The highest BCUT2D eigenvalue weighted by molar-refractivity contribution is 9.09. The van der Waals surface area contributed by atoms with Crippen LogP contribution in [0.15, 0.2) is 23.1 Å². The van der Waals surface area contributed by atoms with E-state index in [-0.39, 0.29) is 4.90 Å². The van der Waals surface area contributed by atoms with E-state index in [2.05, 4.69) is 20.8 Å². The predicted molar refractivity (Wildman–Crippen MR) is 90.1 cm³/mol. The van der Waals surface area contributed by atoms with Crippen LogP contribution in [0.5, 0.6) is 0 Å². The number of benzene rings is 1. The molecule has 0 unspecified atom stereocenters. The SMILES string of the molecule is O=S(=O)(c1cc(Cl)cc(Cl)c1)N1CCCN(CCBr)CC1. The standard InChI is InChI=1S/C13H17BrCl2N2O2S/c14-2-5-17-3-1-4-18(7-6-17)21(19,20)13-9-11(15)8-12(16)10-13/h8-10H,1-7H2. The lowest BCUT2D eigenvalue weighted by molar-refractivity contribution is 0.305. The fraction of sp³-hybridized carbons (Fsp3) is 0.538. The molecule has 4 nitrogen and oxygen atoms in total. The zero-order valence-corrected chi connectivity index (χ0v) is 15.3. The molecule has 0 saturated carbocycles. The highest BCUT2D eigenvalue weighted by Gasteiger charge is 2.27. The summed E-state index contributed by atoms with van der Waals surface area (Å²) < 4.78 is 26.9. The van der Waals surface area contributed by atoms with E-state index in [1.165, 1.54) is 22.5 Å². The van der Waals surface area contributed by atoms with Gasteiger partial charge in [-0.15, -0.1) is 0 Å². The molecule has 1 saturated heterocycles. The summed E-state index contributed by atoms with van der Waals surface area (Å²) in [6.07, 6.45) is 0.820. The Bertz CT molecular complexity index is 578. The monoisotopic (exact) mass is 414 g/mol. The molecule has 2 rings (SSSR count). The van der Waals surface area contributed by atoms with Crippen molar-refractivity contribution in [2.24, 2.45) is 0 Å². The quantitative estimate of drug-likeness (QED) is 0.709. The summed E-state index contributed by atoms with van der Waals surface area (Å²) in [5.41, 5.74) is 0. The number of hydrogen-bond donors (Lipinski definition) is 0. The molecular formula is C13H17BrCl2N2O2S. The van der Waals surface area contributed by atoms with Gasteiger partial charge in [0.1, 0.15) is 0 Å². The molecule has 118 valence electrons. The molecule has 21 heavy (non-hydrogen) atoms. The predicted octanol–water partition coefficient (Wildman–Crippen LogP) is 3.08. The molecule has 1 aliphatic rings. The Balaban J connectivity index is 2.19. The molecule has 0 N–H and O–H groups in total. The minimum absolute atomic E-state index is 0.161. The van der Waals surface area contributed by atoms with Gasteiger partial charge in [0.15, 0.2) is 0 Å². The molecule has 0 bridgehead atoms. The van der Waals surface area contributed by atoms with Gasteiger partial charge in [-0.25, -0.2) is 8.42 Å². The Hall–Kier alpha value is 0.150. The Morgan fingerprint density at radius 2 is 1.71 bits per heavy atom. The third-order valence-corrected chi connectivity index (χ3v) is 6.09. The molecule has 1 aromatic carbocycles. The Kier molecular flexibility index (Phi) is 6.35. The van der Waals surface area contributed by atoms with Crippen molar-refractivity contribution in [1.82, 2.24) is 9.21 Å². The highest BCUT2D eigenvalue weighted by Crippen LogP contribution is 2.25. The first kappa shape index (κ1) is 17.5. The molecule has 1 heterocycles. The van der Waals surface area contributed by atoms with Gasteiger partial charge < -0.3 is 4.90 Å². The molecule has 0 spiro atoms. The zero-order valence-electron chi connectivity index (χ0n) is 11.4. The summed E-state index contributed by atoms with van der Waals surface area (Å²) in [5.74, 6) is 0. The van der Waals surface area contributed by atoms with E-state index in [4.69, 9.17) is 23.2 Å². The highest BCUT2D eigenvalue weighted by atomic mass is 79.9. The van der Waals surface area contributed by atoms with E-state index in [1.807, 2.05) is 0 Å². The molecule has 0 amide bonds. The number of nitrogens with zero attached hydrogens (tertiary/aromatic N) is 2. The molecule has 1 aliphatic heterocycles. The van der Waals surface area contributed by atoms with Gasteiger partial charge in [0, 0.05) is 41.6 Å². The largest absolute Gasteiger partial charge is 0.301 e. The van der Waals surface area contributed by atoms with Gasteiger partial charge in [-0.2, -0.15) is 4.31 Å². The summed E-state index contributed by atoms with van der Waals surface area (Å²) in [4.78, 5) is 2.42. The van der Waals surface area contributed by atoms with Crippen molar-refractivity contribution >= 4 is 49.2 Å². The third-order valence-electron chi connectivity index (χ3n) is 3.42. The van der Waals surface area contributed by atoms with Crippen LogP contribution >= 0.6 is 39.1 Å². The van der Waals surface area contributed by atoms with E-state index in [0.717, 1.165) is 31.4 Å². The van der Waals surface area contributed by atoms with Gasteiger partial charge in [-0.1, -0.05) is 39.1 Å². The van der Waals surface area contributed by atoms with Crippen molar-refractivity contribution in [1.29, 1.82) is 0 Å². The maximum atomic E-state index is 12.7. The van der Waals surface area contributed by atoms with E-state index >= 15 is 0 Å². The van der Waals surface area contributed by atoms with Crippen LogP contribution in [0.4, 0.5) is 0 Å². The van der Waals surface area contributed by atoms with E-state index < -0.39 is 10.0 Å². The molecule has 1 fully saturated rings. The number of hydrogen-bond acceptors (Lipinski definition) is 3. The van der Waals surface area contributed by atoms with Crippen molar-refractivity contribution in [3.63, 3.8) is 0 Å². The lowest BCUT2D eigenvalue weighted by Gasteiger charge is -2.21. The van der Waals surface area contributed by atoms with Gasteiger partial charge in [0.05, 0.1) is 4.90 Å². The number of alkyl halides is 1. The minimum atomic E-state index is -3.54. The van der Waals surface area contributed by atoms with Crippen LogP contribution < -0.4 is 0 Å². The van der Waals surface area contributed by atoms with Crippen LogP contribution in [-0.2, 0) is 10.0 Å². The van der Waals surface area contributed by atoms with Crippen molar-refractivity contribution < 1.29 is 8.42 Å². The molecular weight excluding hydrogens is 399 g/mol. The van der Waals surface area contributed by atoms with Crippen molar-refractivity contribution in [2.45, 2.75) is 11.3 Å². The van der Waals surface area contributed by atoms with Gasteiger partial charge in [-0.05, 0) is 31.2 Å². The van der Waals surface area contributed by atoms with Crippen LogP contribution in [0.25, 0.3) is 0 Å². The third kappa shape index (κ3) is 4.56. The maximum Gasteiger partial charge on any atom is 0.243 e. The Labute approximate surface area is 144 Å². The molecule has 0 atom stereocenters. The van der Waals surface area contributed by atoms with Gasteiger partial charge in [-0.3, -0.25) is 0 Å². The molecule has 8 heteroatoms. The second kappa shape index (κ2) is 7.62. The smallest absolute Gasteiger partial charge is 0.243 e. The van der Waals surface area contributed by atoms with Gasteiger partial charge in [0.2, 0.25) is 10.0 Å². The van der Waals surface area contributed by atoms with Crippen LogP contribution in [0.1, 0.15) is 6.42 Å². The number of rotatable bonds is 4. The minimum Gasteiger partial charge on any atom is -0.301 e. The average molecular weight is 416 g/mol. The van der Waals surface area contributed by atoms with Crippen molar-refractivity contribution in [3.05, 3.63) is 28.2 Å². The maximum absolute atomic E-state index is 12.7. The Morgan fingerprint density at radius 1 is 1.05 bits per heavy atom. The lowest BCUT2D eigenvalue weighted by atomic mass is 10.4. The normalized spacial score (nSPS) is 18.6. The zero-order chi connectivity index (χ0) is 15.5. The van der Waals surface area contributed by atoms with E-state index in [0.29, 0.717) is 23.1 Å². The van der Waals surface area contributed by atoms with E-state index in [1.54, 1.807) is 0 Å². The fourth-order valence-corrected chi connectivity index (χ4v) is 5.06. The Morgan fingerprint density at radius 3 is 2.33 bits per heavy atom. The summed E-state index contributed by atoms with van der Waals surface area (Å²) in [6, 6.07) is 4.43. The van der Waals surface area contributed by atoms with Crippen LogP contribution in [-0.4, -0.2) is 55.7 Å².